The van der Waals surface area contributed by atoms with Gasteiger partial charge in [-0.05, 0) is 13.0 Å². The third kappa shape index (κ3) is 2.12. The van der Waals surface area contributed by atoms with E-state index in [1.54, 1.807) is 0 Å². The van der Waals surface area contributed by atoms with Crippen molar-refractivity contribution in [3.05, 3.63) is 0 Å². The second-order valence-corrected chi connectivity index (χ2v) is 2.90. The van der Waals surface area contributed by atoms with Crippen LogP contribution in [0.4, 0.5) is 0 Å². The largest absolute Gasteiger partial charge is 0.396 e. The Morgan fingerprint density at radius 1 is 1.67 bits per heavy atom. The summed E-state index contributed by atoms with van der Waals surface area (Å²) < 4.78 is 0. The summed E-state index contributed by atoms with van der Waals surface area (Å²) in [5.41, 5.74) is 0.181. The highest BCUT2D eigenvalue weighted by Gasteiger charge is 2.26. The van der Waals surface area contributed by atoms with Crippen LogP contribution in [0.15, 0.2) is 0 Å². The van der Waals surface area contributed by atoms with Crippen molar-refractivity contribution in [2.24, 2.45) is 5.41 Å². The van der Waals surface area contributed by atoms with Crippen LogP contribution < -0.4 is 5.32 Å². The normalized spacial score (nSPS) is 34.0. The molecule has 1 aliphatic rings. The Balaban J connectivity index is 0.000000640. The summed E-state index contributed by atoms with van der Waals surface area (Å²) in [5.74, 6) is 0. The molecule has 1 heterocycles. The smallest absolute Gasteiger partial charge is 0.0497 e. The molecule has 0 aromatic rings. The number of aliphatic hydroxyl groups excluding tert-OH is 1. The van der Waals surface area contributed by atoms with Crippen molar-refractivity contribution in [1.82, 2.24) is 5.32 Å². The summed E-state index contributed by atoms with van der Waals surface area (Å²) in [7, 11) is 0. The fourth-order valence-electron chi connectivity index (χ4n) is 1.00. The zero-order chi connectivity index (χ0) is 6.04. The number of rotatable bonds is 1. The number of hydrogen-bond donors (Lipinski definition) is 2. The van der Waals surface area contributed by atoms with Crippen LogP contribution in [0.5, 0.6) is 0 Å². The molecule has 0 bridgehead atoms. The standard InChI is InChI=1S/C6H13NO.ClH/c1-6(5-8)2-3-7-4-6;/h7-8H,2-5H2,1H3;1H. The van der Waals surface area contributed by atoms with Gasteiger partial charge in [-0.1, -0.05) is 6.92 Å². The first-order valence-electron chi connectivity index (χ1n) is 3.08. The van der Waals surface area contributed by atoms with Gasteiger partial charge in [0.2, 0.25) is 0 Å². The van der Waals surface area contributed by atoms with E-state index in [-0.39, 0.29) is 17.8 Å². The minimum absolute atomic E-state index is 0. The van der Waals surface area contributed by atoms with Crippen molar-refractivity contribution >= 4 is 12.4 Å². The maximum absolute atomic E-state index is 8.79. The molecule has 9 heavy (non-hydrogen) atoms. The van der Waals surface area contributed by atoms with Crippen molar-refractivity contribution in [3.8, 4) is 0 Å². The van der Waals surface area contributed by atoms with Crippen molar-refractivity contribution in [2.45, 2.75) is 13.3 Å². The van der Waals surface area contributed by atoms with E-state index < -0.39 is 0 Å². The van der Waals surface area contributed by atoms with Gasteiger partial charge in [0.1, 0.15) is 0 Å². The first kappa shape index (κ1) is 9.21. The molecule has 3 heteroatoms. The van der Waals surface area contributed by atoms with Crippen LogP contribution in [0.1, 0.15) is 13.3 Å². The Kier molecular flexibility index (Phi) is 3.48. The van der Waals surface area contributed by atoms with E-state index in [2.05, 4.69) is 12.2 Å². The topological polar surface area (TPSA) is 32.3 Å². The van der Waals surface area contributed by atoms with Gasteiger partial charge >= 0.3 is 0 Å². The summed E-state index contributed by atoms with van der Waals surface area (Å²) >= 11 is 0. The molecule has 0 saturated carbocycles. The molecule has 56 valence electrons. The predicted molar refractivity (Wildman–Crippen MR) is 39.9 cm³/mol. The van der Waals surface area contributed by atoms with E-state index in [1.807, 2.05) is 0 Å². The Morgan fingerprint density at radius 2 is 2.33 bits per heavy atom. The van der Waals surface area contributed by atoms with E-state index in [0.29, 0.717) is 6.61 Å². The van der Waals surface area contributed by atoms with E-state index in [4.69, 9.17) is 5.11 Å². The lowest BCUT2D eigenvalue weighted by atomic mass is 9.91. The minimum atomic E-state index is 0. The molecule has 0 aliphatic carbocycles. The SMILES string of the molecule is CC1(CO)CCNC1.Cl. The molecule has 0 aromatic heterocycles. The highest BCUT2D eigenvalue weighted by molar-refractivity contribution is 5.85. The average molecular weight is 152 g/mol. The molecular weight excluding hydrogens is 138 g/mol. The van der Waals surface area contributed by atoms with Crippen molar-refractivity contribution < 1.29 is 5.11 Å². The second kappa shape index (κ2) is 3.40. The van der Waals surface area contributed by atoms with E-state index in [9.17, 15) is 0 Å². The zero-order valence-electron chi connectivity index (χ0n) is 5.68. The van der Waals surface area contributed by atoms with Crippen LogP contribution in [0.3, 0.4) is 0 Å². The molecule has 0 aromatic carbocycles. The summed E-state index contributed by atoms with van der Waals surface area (Å²) in [6.07, 6.45) is 1.11. The molecule has 1 saturated heterocycles. The summed E-state index contributed by atoms with van der Waals surface area (Å²) in [5, 5.41) is 12.0. The van der Waals surface area contributed by atoms with Gasteiger partial charge in [-0.25, -0.2) is 0 Å². The van der Waals surface area contributed by atoms with Crippen LogP contribution in [0.25, 0.3) is 0 Å². The van der Waals surface area contributed by atoms with Gasteiger partial charge in [0.05, 0.1) is 0 Å². The number of halogens is 1. The monoisotopic (exact) mass is 151 g/mol. The van der Waals surface area contributed by atoms with Crippen LogP contribution in [0.2, 0.25) is 0 Å². The van der Waals surface area contributed by atoms with Crippen LogP contribution in [0, 0.1) is 5.41 Å². The van der Waals surface area contributed by atoms with Gasteiger partial charge in [0.15, 0.2) is 0 Å². The molecule has 1 rings (SSSR count). The lowest BCUT2D eigenvalue weighted by Gasteiger charge is -2.17. The molecular formula is C6H14ClNO. The molecule has 2 nitrogen and oxygen atoms in total. The summed E-state index contributed by atoms with van der Waals surface area (Å²) in [4.78, 5) is 0. The molecule has 2 N–H and O–H groups in total. The van der Waals surface area contributed by atoms with Gasteiger partial charge in [0, 0.05) is 18.6 Å². The average Bonchev–Trinajstić information content (AvgIpc) is 2.17. The first-order valence-corrected chi connectivity index (χ1v) is 3.08. The minimum Gasteiger partial charge on any atom is -0.396 e. The lowest BCUT2D eigenvalue weighted by molar-refractivity contribution is 0.160. The molecule has 1 unspecified atom stereocenters. The zero-order valence-corrected chi connectivity index (χ0v) is 6.50. The van der Waals surface area contributed by atoms with Crippen molar-refractivity contribution in [2.75, 3.05) is 19.7 Å². The number of hydrogen-bond acceptors (Lipinski definition) is 2. The Labute approximate surface area is 62.1 Å². The maximum Gasteiger partial charge on any atom is 0.0497 e. The molecule has 0 radical (unpaired) electrons. The third-order valence-electron chi connectivity index (χ3n) is 1.84. The van der Waals surface area contributed by atoms with Crippen LogP contribution in [-0.2, 0) is 0 Å². The first-order chi connectivity index (χ1) is 3.77. The van der Waals surface area contributed by atoms with E-state index in [0.717, 1.165) is 19.5 Å². The molecule has 0 amide bonds. The second-order valence-electron chi connectivity index (χ2n) is 2.90. The van der Waals surface area contributed by atoms with Gasteiger partial charge in [0.25, 0.3) is 0 Å². The Bertz CT molecular complexity index is 81.1. The van der Waals surface area contributed by atoms with Crippen LogP contribution >= 0.6 is 12.4 Å². The van der Waals surface area contributed by atoms with Crippen molar-refractivity contribution in [1.29, 1.82) is 0 Å². The molecule has 1 aliphatic heterocycles. The lowest BCUT2D eigenvalue weighted by Crippen LogP contribution is -2.23. The summed E-state index contributed by atoms with van der Waals surface area (Å²) in [6, 6.07) is 0. The predicted octanol–water partition coefficient (Wildman–Crippen LogP) is 0.400. The Morgan fingerprint density at radius 3 is 2.56 bits per heavy atom. The number of aliphatic hydroxyl groups is 1. The van der Waals surface area contributed by atoms with Crippen LogP contribution in [-0.4, -0.2) is 24.8 Å². The number of nitrogens with one attached hydrogen (secondary N) is 1. The van der Waals surface area contributed by atoms with Gasteiger partial charge < -0.3 is 10.4 Å². The van der Waals surface area contributed by atoms with Gasteiger partial charge in [-0.3, -0.25) is 0 Å². The fourth-order valence-corrected chi connectivity index (χ4v) is 1.00. The maximum atomic E-state index is 8.79. The fraction of sp³-hybridized carbons (Fsp3) is 1.00. The Hall–Kier alpha value is 0.210. The molecule has 0 spiro atoms. The van der Waals surface area contributed by atoms with Crippen molar-refractivity contribution in [3.63, 3.8) is 0 Å². The van der Waals surface area contributed by atoms with E-state index >= 15 is 0 Å². The van der Waals surface area contributed by atoms with Gasteiger partial charge in [-0.15, -0.1) is 12.4 Å². The highest BCUT2D eigenvalue weighted by Crippen LogP contribution is 2.22. The van der Waals surface area contributed by atoms with E-state index in [1.165, 1.54) is 0 Å². The highest BCUT2D eigenvalue weighted by atomic mass is 35.5. The molecule has 1 atom stereocenters. The van der Waals surface area contributed by atoms with Gasteiger partial charge in [-0.2, -0.15) is 0 Å². The third-order valence-corrected chi connectivity index (χ3v) is 1.84. The quantitative estimate of drug-likeness (QED) is 0.569. The summed E-state index contributed by atoms with van der Waals surface area (Å²) in [6.45, 7) is 4.47. The molecule has 1 fully saturated rings.